The summed E-state index contributed by atoms with van der Waals surface area (Å²) < 4.78 is 0.00806. The molecule has 0 unspecified atom stereocenters. The van der Waals surface area contributed by atoms with Gasteiger partial charge in [0.15, 0.2) is 5.13 Å². The van der Waals surface area contributed by atoms with Gasteiger partial charge < -0.3 is 16.4 Å². The van der Waals surface area contributed by atoms with E-state index >= 15 is 0 Å². The van der Waals surface area contributed by atoms with E-state index in [0.717, 1.165) is 0 Å². The van der Waals surface area contributed by atoms with Crippen molar-refractivity contribution in [1.29, 1.82) is 0 Å². The van der Waals surface area contributed by atoms with E-state index in [2.05, 4.69) is 29.5 Å². The predicted molar refractivity (Wildman–Crippen MR) is 85.2 cm³/mol. The topological polar surface area (TPSA) is 80.0 Å². The van der Waals surface area contributed by atoms with Gasteiger partial charge in [0.05, 0.1) is 0 Å². The number of carbonyl (C=O) groups excluding carboxylic acids is 1. The molecule has 0 atom stereocenters. The average Bonchev–Trinajstić information content (AvgIpc) is 2.66. The third kappa shape index (κ3) is 4.91. The van der Waals surface area contributed by atoms with Crippen LogP contribution in [0.1, 0.15) is 37.4 Å². The van der Waals surface area contributed by atoms with Crippen molar-refractivity contribution in [2.45, 2.75) is 38.5 Å². The Morgan fingerprint density at radius 1 is 1.53 bits per heavy atom. The monoisotopic (exact) mass is 302 g/mol. The number of thiazole rings is 1. The lowest BCUT2D eigenvalue weighted by atomic mass is 10.2. The first kappa shape index (κ1) is 16.1. The lowest BCUT2D eigenvalue weighted by Gasteiger charge is -2.21. The van der Waals surface area contributed by atoms with Gasteiger partial charge in [-0.15, -0.1) is 0 Å². The van der Waals surface area contributed by atoms with Crippen LogP contribution in [-0.2, 0) is 0 Å². The molecule has 0 aliphatic heterocycles. The second-order valence-electron chi connectivity index (χ2n) is 5.18. The molecule has 0 aliphatic carbocycles. The Morgan fingerprint density at radius 2 is 2.16 bits per heavy atom. The van der Waals surface area contributed by atoms with E-state index < -0.39 is 0 Å². The largest absolute Gasteiger partial charge is 0.382 e. The zero-order valence-electron chi connectivity index (χ0n) is 12.0. The van der Waals surface area contributed by atoms with Gasteiger partial charge in [0.2, 0.25) is 0 Å². The van der Waals surface area contributed by atoms with Crippen LogP contribution in [0.15, 0.2) is 0 Å². The summed E-state index contributed by atoms with van der Waals surface area (Å²) in [5.74, 6) is 0.126. The standard InChI is InChI=1S/C12H22N4OS2/c1-7(2)15-11-16-9(13)8(19-11)10(17)14-6-12(3,4)18-5/h7H,6,13H2,1-5H3,(H,14,17)(H,15,16). The second kappa shape index (κ2) is 6.47. The molecule has 0 aromatic carbocycles. The SMILES string of the molecule is CSC(C)(C)CNC(=O)c1sc(NC(C)C)nc1N. The van der Waals surface area contributed by atoms with Gasteiger partial charge in [-0.2, -0.15) is 11.8 Å². The summed E-state index contributed by atoms with van der Waals surface area (Å²) in [4.78, 5) is 16.7. The Labute approximate surface area is 122 Å². The first-order valence-corrected chi connectivity index (χ1v) is 8.15. The summed E-state index contributed by atoms with van der Waals surface area (Å²) in [6.45, 7) is 8.79. The second-order valence-corrected chi connectivity index (χ2v) is 7.69. The van der Waals surface area contributed by atoms with E-state index in [9.17, 15) is 4.79 Å². The highest BCUT2D eigenvalue weighted by molar-refractivity contribution is 7.99. The highest BCUT2D eigenvalue weighted by Crippen LogP contribution is 2.26. The maximum atomic E-state index is 12.1. The van der Waals surface area contributed by atoms with Gasteiger partial charge in [0.25, 0.3) is 5.91 Å². The van der Waals surface area contributed by atoms with Crippen LogP contribution in [0.3, 0.4) is 0 Å². The molecule has 1 aromatic heterocycles. The van der Waals surface area contributed by atoms with Gasteiger partial charge in [-0.3, -0.25) is 4.79 Å². The number of nitrogens with two attached hydrogens (primary N) is 1. The molecule has 5 nitrogen and oxygen atoms in total. The van der Waals surface area contributed by atoms with Crippen molar-refractivity contribution >= 4 is 40.0 Å². The number of nitrogen functional groups attached to an aromatic ring is 1. The van der Waals surface area contributed by atoms with Crippen LogP contribution in [-0.4, -0.2) is 34.5 Å². The molecule has 0 aliphatic rings. The fourth-order valence-corrected chi connectivity index (χ4v) is 2.41. The van der Waals surface area contributed by atoms with Crippen LogP contribution in [0.2, 0.25) is 0 Å². The molecule has 19 heavy (non-hydrogen) atoms. The molecule has 7 heteroatoms. The maximum absolute atomic E-state index is 12.1. The fraction of sp³-hybridized carbons (Fsp3) is 0.667. The molecule has 1 amide bonds. The molecule has 1 rings (SSSR count). The molecule has 0 bridgehead atoms. The van der Waals surface area contributed by atoms with Crippen LogP contribution in [0.5, 0.6) is 0 Å². The number of nitrogens with one attached hydrogen (secondary N) is 2. The van der Waals surface area contributed by atoms with Crippen LogP contribution < -0.4 is 16.4 Å². The minimum Gasteiger partial charge on any atom is -0.382 e. The van der Waals surface area contributed by atoms with E-state index in [-0.39, 0.29) is 22.5 Å². The number of hydrogen-bond donors (Lipinski definition) is 3. The minimum atomic E-state index is -0.158. The number of thioether (sulfide) groups is 1. The number of aromatic nitrogens is 1. The lowest BCUT2D eigenvalue weighted by molar-refractivity contribution is 0.0955. The van der Waals surface area contributed by atoms with Crippen LogP contribution in [0.4, 0.5) is 10.9 Å². The van der Waals surface area contributed by atoms with Crippen molar-refractivity contribution in [1.82, 2.24) is 10.3 Å². The van der Waals surface area contributed by atoms with E-state index in [0.29, 0.717) is 16.6 Å². The summed E-state index contributed by atoms with van der Waals surface area (Å²) in [6, 6.07) is 0.261. The molecule has 0 fully saturated rings. The zero-order chi connectivity index (χ0) is 14.6. The minimum absolute atomic E-state index is 0.00806. The fourth-order valence-electron chi connectivity index (χ4n) is 1.25. The first-order valence-electron chi connectivity index (χ1n) is 6.11. The lowest BCUT2D eigenvalue weighted by Crippen LogP contribution is -2.36. The Balaban J connectivity index is 2.69. The Hall–Kier alpha value is -0.950. The number of amides is 1. The number of hydrogen-bond acceptors (Lipinski definition) is 6. The zero-order valence-corrected chi connectivity index (χ0v) is 13.7. The van der Waals surface area contributed by atoms with E-state index in [4.69, 9.17) is 5.73 Å². The van der Waals surface area contributed by atoms with Crippen molar-refractivity contribution in [2.24, 2.45) is 0 Å². The van der Waals surface area contributed by atoms with Gasteiger partial charge in [-0.1, -0.05) is 11.3 Å². The number of rotatable bonds is 6. The molecule has 0 spiro atoms. The Morgan fingerprint density at radius 3 is 2.68 bits per heavy atom. The van der Waals surface area contributed by atoms with Crippen LogP contribution in [0.25, 0.3) is 0 Å². The summed E-state index contributed by atoms with van der Waals surface area (Å²) >= 11 is 3.00. The van der Waals surface area contributed by atoms with Crippen LogP contribution in [0, 0.1) is 0 Å². The third-order valence-electron chi connectivity index (χ3n) is 2.50. The van der Waals surface area contributed by atoms with Gasteiger partial charge in [0, 0.05) is 17.3 Å². The molecule has 1 heterocycles. The number of anilines is 2. The van der Waals surface area contributed by atoms with Crippen molar-refractivity contribution in [3.63, 3.8) is 0 Å². The molecule has 0 saturated carbocycles. The summed E-state index contributed by atoms with van der Waals surface area (Å²) in [7, 11) is 0. The van der Waals surface area contributed by atoms with Gasteiger partial charge >= 0.3 is 0 Å². The molecular formula is C12H22N4OS2. The van der Waals surface area contributed by atoms with Gasteiger partial charge in [-0.25, -0.2) is 4.98 Å². The smallest absolute Gasteiger partial charge is 0.265 e. The van der Waals surface area contributed by atoms with E-state index in [1.54, 1.807) is 11.8 Å². The molecular weight excluding hydrogens is 280 g/mol. The molecule has 0 radical (unpaired) electrons. The van der Waals surface area contributed by atoms with Crippen molar-refractivity contribution in [2.75, 3.05) is 23.9 Å². The average molecular weight is 302 g/mol. The summed E-state index contributed by atoms with van der Waals surface area (Å²) in [5, 5.41) is 6.73. The molecule has 4 N–H and O–H groups in total. The van der Waals surface area contributed by atoms with Crippen LogP contribution >= 0.6 is 23.1 Å². The predicted octanol–water partition coefficient (Wildman–Crippen LogP) is 2.42. The molecule has 0 saturated heterocycles. The summed E-state index contributed by atoms with van der Waals surface area (Å²) in [5.41, 5.74) is 5.78. The highest BCUT2D eigenvalue weighted by atomic mass is 32.2. The van der Waals surface area contributed by atoms with E-state index in [1.165, 1.54) is 11.3 Å². The van der Waals surface area contributed by atoms with Gasteiger partial charge in [-0.05, 0) is 34.0 Å². The highest BCUT2D eigenvalue weighted by Gasteiger charge is 2.21. The van der Waals surface area contributed by atoms with Gasteiger partial charge in [0.1, 0.15) is 10.7 Å². The molecule has 1 aromatic rings. The van der Waals surface area contributed by atoms with Crippen molar-refractivity contribution in [3.8, 4) is 0 Å². The first-order chi connectivity index (χ1) is 8.75. The third-order valence-corrected chi connectivity index (χ3v) is 4.75. The van der Waals surface area contributed by atoms with E-state index in [1.807, 2.05) is 20.1 Å². The molecule has 108 valence electrons. The number of carbonyl (C=O) groups is 1. The summed E-state index contributed by atoms with van der Waals surface area (Å²) in [6.07, 6.45) is 2.03. The maximum Gasteiger partial charge on any atom is 0.265 e. The Kier molecular flexibility index (Phi) is 5.49. The quantitative estimate of drug-likeness (QED) is 0.752. The van der Waals surface area contributed by atoms with Crippen molar-refractivity contribution in [3.05, 3.63) is 4.88 Å². The Bertz CT molecular complexity index is 443. The number of nitrogens with zero attached hydrogens (tertiary/aromatic N) is 1. The van der Waals surface area contributed by atoms with Crippen molar-refractivity contribution < 1.29 is 4.79 Å². The normalized spacial score (nSPS) is 11.7.